The van der Waals surface area contributed by atoms with Crippen molar-refractivity contribution in [1.82, 2.24) is 10.1 Å². The summed E-state index contributed by atoms with van der Waals surface area (Å²) >= 11 is 6.09. The lowest BCUT2D eigenvalue weighted by atomic mass is 10.2. The number of ether oxygens (including phenoxy) is 1. The van der Waals surface area contributed by atoms with Gasteiger partial charge in [-0.2, -0.15) is 4.98 Å². The molecule has 4 rings (SSSR count). The van der Waals surface area contributed by atoms with E-state index in [4.69, 9.17) is 25.3 Å². The van der Waals surface area contributed by atoms with Crippen LogP contribution in [0.3, 0.4) is 0 Å². The summed E-state index contributed by atoms with van der Waals surface area (Å²) in [6.45, 7) is -0.159. The zero-order valence-corrected chi connectivity index (χ0v) is 13.6. The number of para-hydroxylation sites is 1. The van der Waals surface area contributed by atoms with Crippen molar-refractivity contribution in [3.05, 3.63) is 71.3 Å². The highest BCUT2D eigenvalue weighted by molar-refractivity contribution is 6.33. The third kappa shape index (κ3) is 3.12. The van der Waals surface area contributed by atoms with E-state index in [1.165, 1.54) is 0 Å². The number of esters is 1. The molecule has 0 radical (unpaired) electrons. The number of furan rings is 1. The first-order valence-electron chi connectivity index (χ1n) is 7.44. The van der Waals surface area contributed by atoms with Crippen LogP contribution >= 0.6 is 11.6 Å². The molecule has 0 amide bonds. The van der Waals surface area contributed by atoms with E-state index >= 15 is 0 Å². The zero-order chi connectivity index (χ0) is 17.2. The maximum absolute atomic E-state index is 12.1. The molecular weight excluding hydrogens is 344 g/mol. The number of benzene rings is 2. The molecule has 0 aliphatic rings. The molecule has 2 heterocycles. The van der Waals surface area contributed by atoms with Gasteiger partial charge in [-0.05, 0) is 24.3 Å². The Morgan fingerprint density at radius 1 is 1.12 bits per heavy atom. The average Bonchev–Trinajstić information content (AvgIpc) is 3.27. The molecule has 0 fully saturated rings. The third-order valence-electron chi connectivity index (χ3n) is 3.54. The van der Waals surface area contributed by atoms with Gasteiger partial charge >= 0.3 is 5.97 Å². The smallest absolute Gasteiger partial charge is 0.374 e. The molecule has 0 atom stereocenters. The Balaban J connectivity index is 1.46. The standard InChI is InChI=1S/C18H11ClN2O4/c19-13-7-3-2-6-12(13)17-20-16(25-21-17)10-23-18(22)15-9-11-5-1-4-8-14(11)24-15/h1-9H,10H2. The van der Waals surface area contributed by atoms with Crippen LogP contribution in [0.25, 0.3) is 22.4 Å². The number of carbonyl (C=O) groups is 1. The molecular formula is C18H11ClN2O4. The SMILES string of the molecule is O=C(OCc1nc(-c2ccccc2Cl)no1)c1cc2ccccc2o1. The van der Waals surface area contributed by atoms with Gasteiger partial charge in [0.25, 0.3) is 5.89 Å². The fourth-order valence-corrected chi connectivity index (χ4v) is 2.57. The van der Waals surface area contributed by atoms with Crippen LogP contribution in [0, 0.1) is 0 Å². The monoisotopic (exact) mass is 354 g/mol. The highest BCUT2D eigenvalue weighted by Crippen LogP contribution is 2.25. The third-order valence-corrected chi connectivity index (χ3v) is 3.87. The molecule has 0 saturated heterocycles. The van der Waals surface area contributed by atoms with Gasteiger partial charge in [0.05, 0.1) is 5.02 Å². The highest BCUT2D eigenvalue weighted by Gasteiger charge is 2.16. The molecule has 0 aliphatic carbocycles. The Bertz CT molecular complexity index is 1020. The second-order valence-corrected chi connectivity index (χ2v) is 5.62. The number of hydrogen-bond donors (Lipinski definition) is 0. The fraction of sp³-hybridized carbons (Fsp3) is 0.0556. The molecule has 0 saturated carbocycles. The minimum atomic E-state index is -0.603. The molecule has 2 aromatic heterocycles. The van der Waals surface area contributed by atoms with Gasteiger partial charge < -0.3 is 13.7 Å². The minimum absolute atomic E-state index is 0.118. The molecule has 124 valence electrons. The zero-order valence-electron chi connectivity index (χ0n) is 12.8. The van der Waals surface area contributed by atoms with Crippen LogP contribution in [0.1, 0.15) is 16.4 Å². The van der Waals surface area contributed by atoms with Crippen molar-refractivity contribution in [1.29, 1.82) is 0 Å². The summed E-state index contributed by atoms with van der Waals surface area (Å²) in [4.78, 5) is 16.3. The van der Waals surface area contributed by atoms with Crippen molar-refractivity contribution < 1.29 is 18.5 Å². The average molecular weight is 355 g/mol. The number of halogens is 1. The van der Waals surface area contributed by atoms with Crippen LogP contribution < -0.4 is 0 Å². The summed E-state index contributed by atoms with van der Waals surface area (Å²) in [6.07, 6.45) is 0. The van der Waals surface area contributed by atoms with Gasteiger partial charge in [0.1, 0.15) is 5.58 Å². The van der Waals surface area contributed by atoms with E-state index in [-0.39, 0.29) is 18.3 Å². The van der Waals surface area contributed by atoms with Crippen LogP contribution in [0.2, 0.25) is 5.02 Å². The number of nitrogens with zero attached hydrogens (tertiary/aromatic N) is 2. The topological polar surface area (TPSA) is 78.4 Å². The minimum Gasteiger partial charge on any atom is -0.450 e. The molecule has 7 heteroatoms. The molecule has 0 unspecified atom stereocenters. The first-order chi connectivity index (χ1) is 12.2. The Labute approximate surface area is 147 Å². The van der Waals surface area contributed by atoms with Crippen LogP contribution in [-0.2, 0) is 11.3 Å². The summed E-state index contributed by atoms with van der Waals surface area (Å²) in [5, 5.41) is 5.18. The van der Waals surface area contributed by atoms with Gasteiger partial charge in [-0.1, -0.05) is 47.1 Å². The van der Waals surface area contributed by atoms with Crippen LogP contribution in [0.15, 0.2) is 63.5 Å². The Morgan fingerprint density at radius 2 is 1.92 bits per heavy atom. The van der Waals surface area contributed by atoms with Crippen molar-refractivity contribution in [2.75, 3.05) is 0 Å². The number of rotatable bonds is 4. The Hall–Kier alpha value is -3.12. The largest absolute Gasteiger partial charge is 0.450 e. The highest BCUT2D eigenvalue weighted by atomic mass is 35.5. The van der Waals surface area contributed by atoms with Gasteiger partial charge in [0, 0.05) is 10.9 Å². The number of carbonyl (C=O) groups excluding carboxylic acids is 1. The molecule has 0 aliphatic heterocycles. The lowest BCUT2D eigenvalue weighted by Crippen LogP contribution is -2.04. The van der Waals surface area contributed by atoms with Crippen molar-refractivity contribution in [3.63, 3.8) is 0 Å². The van der Waals surface area contributed by atoms with E-state index < -0.39 is 5.97 Å². The first-order valence-corrected chi connectivity index (χ1v) is 7.82. The molecule has 25 heavy (non-hydrogen) atoms. The van der Waals surface area contributed by atoms with Crippen LogP contribution in [-0.4, -0.2) is 16.1 Å². The molecule has 6 nitrogen and oxygen atoms in total. The van der Waals surface area contributed by atoms with Gasteiger partial charge in [-0.15, -0.1) is 0 Å². The summed E-state index contributed by atoms with van der Waals surface area (Å²) in [5.41, 5.74) is 1.26. The summed E-state index contributed by atoms with van der Waals surface area (Å²) < 4.78 is 15.7. The summed E-state index contributed by atoms with van der Waals surface area (Å²) in [7, 11) is 0. The predicted molar refractivity (Wildman–Crippen MR) is 90.1 cm³/mol. The fourth-order valence-electron chi connectivity index (χ4n) is 2.35. The van der Waals surface area contributed by atoms with E-state index in [9.17, 15) is 4.79 Å². The molecule has 0 N–H and O–H groups in total. The molecule has 2 aromatic carbocycles. The van der Waals surface area contributed by atoms with E-state index in [0.29, 0.717) is 22.0 Å². The quantitative estimate of drug-likeness (QED) is 0.502. The number of fused-ring (bicyclic) bond motifs is 1. The number of hydrogen-bond acceptors (Lipinski definition) is 6. The van der Waals surface area contributed by atoms with Crippen molar-refractivity contribution >= 4 is 28.5 Å². The lowest BCUT2D eigenvalue weighted by molar-refractivity contribution is 0.0396. The Kier molecular flexibility index (Phi) is 3.95. The molecule has 4 aromatic rings. The van der Waals surface area contributed by atoms with E-state index in [1.54, 1.807) is 24.3 Å². The lowest BCUT2D eigenvalue weighted by Gasteiger charge is -1.98. The molecule has 0 spiro atoms. The summed E-state index contributed by atoms with van der Waals surface area (Å²) in [6, 6.07) is 16.1. The van der Waals surface area contributed by atoms with Gasteiger partial charge in [-0.25, -0.2) is 4.79 Å². The van der Waals surface area contributed by atoms with E-state index in [0.717, 1.165) is 5.39 Å². The van der Waals surface area contributed by atoms with Gasteiger partial charge in [0.2, 0.25) is 11.6 Å². The van der Waals surface area contributed by atoms with Crippen molar-refractivity contribution in [2.24, 2.45) is 0 Å². The predicted octanol–water partition coefficient (Wildman–Crippen LogP) is 4.49. The van der Waals surface area contributed by atoms with Gasteiger partial charge in [0.15, 0.2) is 6.61 Å². The maximum Gasteiger partial charge on any atom is 0.374 e. The first kappa shape index (κ1) is 15.4. The van der Waals surface area contributed by atoms with Crippen LogP contribution in [0.5, 0.6) is 0 Å². The molecule has 0 bridgehead atoms. The number of aromatic nitrogens is 2. The van der Waals surface area contributed by atoms with Gasteiger partial charge in [-0.3, -0.25) is 0 Å². The van der Waals surface area contributed by atoms with Crippen molar-refractivity contribution in [2.45, 2.75) is 6.61 Å². The normalized spacial score (nSPS) is 10.9. The maximum atomic E-state index is 12.1. The van der Waals surface area contributed by atoms with Crippen molar-refractivity contribution in [3.8, 4) is 11.4 Å². The van der Waals surface area contributed by atoms with E-state index in [1.807, 2.05) is 30.3 Å². The second-order valence-electron chi connectivity index (χ2n) is 5.22. The summed E-state index contributed by atoms with van der Waals surface area (Å²) in [5.74, 6) is 0.0144. The van der Waals surface area contributed by atoms with E-state index in [2.05, 4.69) is 10.1 Å². The Morgan fingerprint density at radius 3 is 2.76 bits per heavy atom. The second kappa shape index (κ2) is 6.41. The van der Waals surface area contributed by atoms with Crippen LogP contribution in [0.4, 0.5) is 0 Å².